The summed E-state index contributed by atoms with van der Waals surface area (Å²) in [6.07, 6.45) is 2.96. The second-order valence-corrected chi connectivity index (χ2v) is 5.31. The molecule has 2 N–H and O–H groups in total. The topological polar surface area (TPSA) is 45.4 Å². The summed E-state index contributed by atoms with van der Waals surface area (Å²) in [7, 11) is 0. The smallest absolute Gasteiger partial charge is 0.134 e. The van der Waals surface area contributed by atoms with E-state index < -0.39 is 5.60 Å². The Hall–Kier alpha value is -1.58. The maximum atomic E-state index is 9.98. The van der Waals surface area contributed by atoms with Crippen molar-refractivity contribution in [3.8, 4) is 11.3 Å². The molecule has 1 aromatic carbocycles. The van der Waals surface area contributed by atoms with E-state index in [0.29, 0.717) is 13.1 Å². The van der Waals surface area contributed by atoms with Crippen molar-refractivity contribution in [3.63, 3.8) is 0 Å². The van der Waals surface area contributed by atoms with Crippen LogP contribution in [0.1, 0.15) is 25.0 Å². The molecule has 1 heterocycles. The summed E-state index contributed by atoms with van der Waals surface area (Å²) >= 11 is 0. The fraction of sp³-hybridized carbons (Fsp3) is 0.375. The van der Waals surface area contributed by atoms with Gasteiger partial charge in [0, 0.05) is 12.1 Å². The van der Waals surface area contributed by atoms with Gasteiger partial charge in [0.2, 0.25) is 0 Å². The molecule has 2 aromatic rings. The summed E-state index contributed by atoms with van der Waals surface area (Å²) in [6.45, 7) is 1.31. The Morgan fingerprint density at radius 1 is 1.11 bits per heavy atom. The number of aliphatic hydroxyl groups is 1. The highest BCUT2D eigenvalue weighted by molar-refractivity contribution is 5.57. The van der Waals surface area contributed by atoms with E-state index in [1.165, 1.54) is 0 Å². The SMILES string of the molecule is OC1(CNCc2ccc(-c3ccccc3)o2)CCC1. The van der Waals surface area contributed by atoms with E-state index in [2.05, 4.69) is 5.32 Å². The Labute approximate surface area is 113 Å². The first-order valence-corrected chi connectivity index (χ1v) is 6.82. The number of hydrogen-bond acceptors (Lipinski definition) is 3. The monoisotopic (exact) mass is 257 g/mol. The molecule has 3 nitrogen and oxygen atoms in total. The Bertz CT molecular complexity index is 529. The molecule has 3 heteroatoms. The van der Waals surface area contributed by atoms with Crippen molar-refractivity contribution < 1.29 is 9.52 Å². The van der Waals surface area contributed by atoms with Crippen LogP contribution in [0.2, 0.25) is 0 Å². The van der Waals surface area contributed by atoms with Gasteiger partial charge in [-0.25, -0.2) is 0 Å². The number of nitrogens with one attached hydrogen (secondary N) is 1. The summed E-state index contributed by atoms with van der Waals surface area (Å²) in [5.41, 5.74) is 0.612. The minimum Gasteiger partial charge on any atom is -0.460 e. The molecule has 1 aliphatic rings. The Kier molecular flexibility index (Phi) is 3.40. The van der Waals surface area contributed by atoms with Gasteiger partial charge >= 0.3 is 0 Å². The molecule has 0 aliphatic heterocycles. The molecule has 0 radical (unpaired) electrons. The summed E-state index contributed by atoms with van der Waals surface area (Å²) in [6, 6.07) is 14.0. The van der Waals surface area contributed by atoms with Crippen LogP contribution in [0.4, 0.5) is 0 Å². The zero-order valence-corrected chi connectivity index (χ0v) is 10.9. The zero-order chi connectivity index (χ0) is 13.1. The van der Waals surface area contributed by atoms with Crippen molar-refractivity contribution >= 4 is 0 Å². The quantitative estimate of drug-likeness (QED) is 0.865. The van der Waals surface area contributed by atoms with Gasteiger partial charge in [0.15, 0.2) is 0 Å². The van der Waals surface area contributed by atoms with Gasteiger partial charge in [-0.15, -0.1) is 0 Å². The first-order chi connectivity index (χ1) is 9.25. The largest absolute Gasteiger partial charge is 0.460 e. The fourth-order valence-corrected chi connectivity index (χ4v) is 2.41. The maximum Gasteiger partial charge on any atom is 0.134 e. The molecule has 0 amide bonds. The molecular weight excluding hydrogens is 238 g/mol. The van der Waals surface area contributed by atoms with Crippen LogP contribution in [-0.4, -0.2) is 17.3 Å². The van der Waals surface area contributed by atoms with Gasteiger partial charge in [-0.2, -0.15) is 0 Å². The van der Waals surface area contributed by atoms with Crippen LogP contribution in [0.3, 0.4) is 0 Å². The van der Waals surface area contributed by atoms with Crippen LogP contribution in [0.15, 0.2) is 46.9 Å². The Balaban J connectivity index is 1.56. The molecule has 3 rings (SSSR count). The molecule has 19 heavy (non-hydrogen) atoms. The number of benzene rings is 1. The molecule has 0 saturated heterocycles. The second-order valence-electron chi connectivity index (χ2n) is 5.31. The summed E-state index contributed by atoms with van der Waals surface area (Å²) in [4.78, 5) is 0. The lowest BCUT2D eigenvalue weighted by atomic mass is 9.80. The molecule has 0 spiro atoms. The average Bonchev–Trinajstić information content (AvgIpc) is 2.87. The van der Waals surface area contributed by atoms with Crippen molar-refractivity contribution in [2.45, 2.75) is 31.4 Å². The highest BCUT2D eigenvalue weighted by atomic mass is 16.3. The normalized spacial score (nSPS) is 17.1. The summed E-state index contributed by atoms with van der Waals surface area (Å²) in [5, 5.41) is 13.2. The van der Waals surface area contributed by atoms with E-state index in [-0.39, 0.29) is 0 Å². The molecule has 100 valence electrons. The number of rotatable bonds is 5. The minimum absolute atomic E-state index is 0.477. The van der Waals surface area contributed by atoms with Crippen molar-refractivity contribution in [3.05, 3.63) is 48.2 Å². The first kappa shape index (κ1) is 12.5. The molecular formula is C16H19NO2. The van der Waals surface area contributed by atoms with Crippen LogP contribution in [0.25, 0.3) is 11.3 Å². The van der Waals surface area contributed by atoms with Crippen LogP contribution >= 0.6 is 0 Å². The van der Waals surface area contributed by atoms with E-state index in [9.17, 15) is 5.11 Å². The van der Waals surface area contributed by atoms with Crippen molar-refractivity contribution in [2.24, 2.45) is 0 Å². The lowest BCUT2D eigenvalue weighted by Gasteiger charge is -2.36. The Morgan fingerprint density at radius 2 is 1.89 bits per heavy atom. The number of furan rings is 1. The van der Waals surface area contributed by atoms with Gasteiger partial charge < -0.3 is 14.8 Å². The highest BCUT2D eigenvalue weighted by Gasteiger charge is 2.33. The van der Waals surface area contributed by atoms with Crippen molar-refractivity contribution in [1.29, 1.82) is 0 Å². The fourth-order valence-electron chi connectivity index (χ4n) is 2.41. The van der Waals surface area contributed by atoms with Gasteiger partial charge in [0.1, 0.15) is 11.5 Å². The first-order valence-electron chi connectivity index (χ1n) is 6.82. The van der Waals surface area contributed by atoms with Crippen LogP contribution < -0.4 is 5.32 Å². The minimum atomic E-state index is -0.477. The van der Waals surface area contributed by atoms with Gasteiger partial charge in [0.25, 0.3) is 0 Å². The lowest BCUT2D eigenvalue weighted by molar-refractivity contribution is -0.0317. The predicted molar refractivity (Wildman–Crippen MR) is 74.7 cm³/mol. The maximum absolute atomic E-state index is 9.98. The molecule has 0 atom stereocenters. The second kappa shape index (κ2) is 5.19. The molecule has 1 saturated carbocycles. The van der Waals surface area contributed by atoms with E-state index in [1.54, 1.807) is 0 Å². The van der Waals surface area contributed by atoms with Crippen LogP contribution in [0, 0.1) is 0 Å². The zero-order valence-electron chi connectivity index (χ0n) is 10.9. The molecule has 1 fully saturated rings. The van der Waals surface area contributed by atoms with Crippen LogP contribution in [0.5, 0.6) is 0 Å². The van der Waals surface area contributed by atoms with E-state index in [0.717, 1.165) is 36.3 Å². The van der Waals surface area contributed by atoms with Gasteiger partial charge in [-0.05, 0) is 31.4 Å². The average molecular weight is 257 g/mol. The van der Waals surface area contributed by atoms with Gasteiger partial charge in [-0.1, -0.05) is 30.3 Å². The third-order valence-corrected chi connectivity index (χ3v) is 3.76. The van der Waals surface area contributed by atoms with Gasteiger partial charge in [0.05, 0.1) is 12.1 Å². The van der Waals surface area contributed by atoms with Gasteiger partial charge in [-0.3, -0.25) is 0 Å². The molecule has 1 aliphatic carbocycles. The van der Waals surface area contributed by atoms with Crippen molar-refractivity contribution in [2.75, 3.05) is 6.54 Å². The van der Waals surface area contributed by atoms with E-state index in [4.69, 9.17) is 4.42 Å². The number of hydrogen-bond donors (Lipinski definition) is 2. The highest BCUT2D eigenvalue weighted by Crippen LogP contribution is 2.30. The third-order valence-electron chi connectivity index (χ3n) is 3.76. The molecule has 0 unspecified atom stereocenters. The standard InChI is InChI=1S/C16H19NO2/c18-16(9-4-10-16)12-17-11-14-7-8-15(19-14)13-5-2-1-3-6-13/h1-3,5-8,17-18H,4,9-12H2. The van der Waals surface area contributed by atoms with E-state index >= 15 is 0 Å². The lowest BCUT2D eigenvalue weighted by Crippen LogP contribution is -2.45. The van der Waals surface area contributed by atoms with E-state index in [1.807, 2.05) is 42.5 Å². The summed E-state index contributed by atoms with van der Waals surface area (Å²) < 4.78 is 5.79. The third kappa shape index (κ3) is 2.88. The van der Waals surface area contributed by atoms with Crippen molar-refractivity contribution in [1.82, 2.24) is 5.32 Å². The molecule has 0 bridgehead atoms. The molecule has 1 aromatic heterocycles. The van der Waals surface area contributed by atoms with Crippen LogP contribution in [-0.2, 0) is 6.54 Å². The predicted octanol–water partition coefficient (Wildman–Crippen LogP) is 2.95. The Morgan fingerprint density at radius 3 is 2.58 bits per heavy atom. The summed E-state index contributed by atoms with van der Waals surface area (Å²) in [5.74, 6) is 1.79.